The minimum absolute atomic E-state index is 0.00770. The van der Waals surface area contributed by atoms with Crippen molar-refractivity contribution in [3.63, 3.8) is 0 Å². The average molecular weight is 517 g/mol. The maximum absolute atomic E-state index is 12.5. The molecule has 0 radical (unpaired) electrons. The van der Waals surface area contributed by atoms with Crippen molar-refractivity contribution >= 4 is 29.7 Å². The molecule has 3 unspecified atom stereocenters. The first kappa shape index (κ1) is 28.6. The summed E-state index contributed by atoms with van der Waals surface area (Å²) in [5.74, 6) is -5.34. The third-order valence-corrected chi connectivity index (χ3v) is 5.17. The molecule has 9 N–H and O–H groups in total. The van der Waals surface area contributed by atoms with Gasteiger partial charge in [-0.3, -0.25) is 19.2 Å². The molecule has 13 heteroatoms. The van der Waals surface area contributed by atoms with E-state index in [-0.39, 0.29) is 24.3 Å². The van der Waals surface area contributed by atoms with Gasteiger partial charge in [-0.2, -0.15) is 0 Å². The molecule has 0 bridgehead atoms. The Hall–Kier alpha value is -4.65. The topological polar surface area (TPSA) is 228 Å². The van der Waals surface area contributed by atoms with Crippen LogP contribution in [0.25, 0.3) is 0 Å². The van der Waals surface area contributed by atoms with E-state index in [1.54, 1.807) is 12.1 Å². The van der Waals surface area contributed by atoms with Gasteiger partial charge in [-0.15, -0.1) is 0 Å². The fourth-order valence-electron chi connectivity index (χ4n) is 3.25. The molecule has 3 amide bonds. The molecule has 0 heterocycles. The molecule has 0 saturated carbocycles. The molecule has 0 aromatic heterocycles. The third-order valence-electron chi connectivity index (χ3n) is 5.17. The van der Waals surface area contributed by atoms with Crippen LogP contribution in [-0.4, -0.2) is 74.8 Å². The van der Waals surface area contributed by atoms with E-state index in [1.807, 2.05) is 0 Å². The third kappa shape index (κ3) is 9.85. The Bertz CT molecular complexity index is 1120. The van der Waals surface area contributed by atoms with Crippen LogP contribution in [0.4, 0.5) is 0 Å². The van der Waals surface area contributed by atoms with Gasteiger partial charge in [-0.05, 0) is 41.8 Å². The number of hydrogen-bond acceptors (Lipinski definition) is 8. The highest BCUT2D eigenvalue weighted by Crippen LogP contribution is 2.12. The van der Waals surface area contributed by atoms with E-state index in [1.165, 1.54) is 36.4 Å². The molecular weight excluding hydrogens is 488 g/mol. The largest absolute Gasteiger partial charge is 0.508 e. The van der Waals surface area contributed by atoms with Crippen molar-refractivity contribution < 1.29 is 44.4 Å². The number of benzene rings is 2. The minimum Gasteiger partial charge on any atom is -0.508 e. The molecule has 0 spiro atoms. The fraction of sp³-hybridized carbons (Fsp3) is 0.292. The van der Waals surface area contributed by atoms with Gasteiger partial charge in [0.2, 0.25) is 17.7 Å². The lowest BCUT2D eigenvalue weighted by Crippen LogP contribution is -2.54. The lowest BCUT2D eigenvalue weighted by atomic mass is 10.0. The van der Waals surface area contributed by atoms with Crippen LogP contribution in [0, 0.1) is 0 Å². The van der Waals surface area contributed by atoms with Crippen molar-refractivity contribution in [1.82, 2.24) is 16.0 Å². The molecule has 2 aromatic rings. The number of hydrogen-bond donors (Lipinski definition) is 8. The number of carboxylic acids is 2. The average Bonchev–Trinajstić information content (AvgIpc) is 2.84. The Morgan fingerprint density at radius 3 is 1.73 bits per heavy atom. The number of phenolic OH excluding ortho intramolecular Hbond substituents is 2. The maximum Gasteiger partial charge on any atom is 0.326 e. The second-order valence-corrected chi connectivity index (χ2v) is 8.18. The van der Waals surface area contributed by atoms with Crippen LogP contribution in [0.1, 0.15) is 17.5 Å². The van der Waals surface area contributed by atoms with E-state index in [9.17, 15) is 39.3 Å². The van der Waals surface area contributed by atoms with Gasteiger partial charge in [0, 0.05) is 6.42 Å². The minimum atomic E-state index is -1.55. The first-order valence-electron chi connectivity index (χ1n) is 11.1. The number of nitrogens with two attached hydrogens (primary N) is 1. The fourth-order valence-corrected chi connectivity index (χ4v) is 3.25. The van der Waals surface area contributed by atoms with Crippen molar-refractivity contribution in [1.29, 1.82) is 0 Å². The number of carboxylic acid groups (broad SMARTS) is 2. The summed E-state index contributed by atoms with van der Waals surface area (Å²) in [4.78, 5) is 59.9. The van der Waals surface area contributed by atoms with Crippen LogP contribution in [0.2, 0.25) is 0 Å². The van der Waals surface area contributed by atoms with Crippen LogP contribution in [0.15, 0.2) is 48.5 Å². The van der Waals surface area contributed by atoms with Crippen LogP contribution in [0.3, 0.4) is 0 Å². The van der Waals surface area contributed by atoms with Crippen LogP contribution < -0.4 is 21.7 Å². The Kier molecular flexibility index (Phi) is 10.4. The zero-order chi connectivity index (χ0) is 27.5. The Labute approximate surface area is 211 Å². The lowest BCUT2D eigenvalue weighted by Gasteiger charge is -2.20. The van der Waals surface area contributed by atoms with E-state index in [4.69, 9.17) is 10.8 Å². The molecule has 0 fully saturated rings. The Morgan fingerprint density at radius 2 is 1.24 bits per heavy atom. The van der Waals surface area contributed by atoms with Gasteiger partial charge in [-0.25, -0.2) is 4.79 Å². The predicted octanol–water partition coefficient (Wildman–Crippen LogP) is -1.14. The van der Waals surface area contributed by atoms with E-state index >= 15 is 0 Å². The molecule has 0 aliphatic rings. The second-order valence-electron chi connectivity index (χ2n) is 8.18. The SMILES string of the molecule is NC(Cc1ccc(O)cc1)C(=O)NC(CC(=O)O)C(=O)NCC(=O)NC(Cc1ccc(O)cc1)C(=O)O. The highest BCUT2D eigenvalue weighted by atomic mass is 16.4. The van der Waals surface area contributed by atoms with Gasteiger partial charge in [0.05, 0.1) is 19.0 Å². The second kappa shape index (κ2) is 13.4. The highest BCUT2D eigenvalue weighted by molar-refractivity contribution is 5.94. The summed E-state index contributed by atoms with van der Waals surface area (Å²) in [7, 11) is 0. The zero-order valence-electron chi connectivity index (χ0n) is 19.6. The van der Waals surface area contributed by atoms with Gasteiger partial charge in [-0.1, -0.05) is 24.3 Å². The van der Waals surface area contributed by atoms with E-state index in [0.29, 0.717) is 11.1 Å². The predicted molar refractivity (Wildman–Crippen MR) is 128 cm³/mol. The summed E-state index contributed by atoms with van der Waals surface area (Å²) in [6.45, 7) is -0.677. The van der Waals surface area contributed by atoms with Crippen molar-refractivity contribution in [3.05, 3.63) is 59.7 Å². The monoisotopic (exact) mass is 516 g/mol. The number of aromatic hydroxyl groups is 2. The number of nitrogens with one attached hydrogen (secondary N) is 3. The number of aliphatic carboxylic acids is 2. The molecular formula is C24H28N4O9. The maximum atomic E-state index is 12.5. The van der Waals surface area contributed by atoms with Gasteiger partial charge in [0.25, 0.3) is 0 Å². The lowest BCUT2D eigenvalue weighted by molar-refractivity contribution is -0.142. The van der Waals surface area contributed by atoms with Crippen molar-refractivity contribution in [2.45, 2.75) is 37.4 Å². The normalized spacial score (nSPS) is 13.0. The van der Waals surface area contributed by atoms with Crippen LogP contribution in [-0.2, 0) is 36.8 Å². The molecule has 2 aromatic carbocycles. The molecule has 0 aliphatic heterocycles. The summed E-state index contributed by atoms with van der Waals surface area (Å²) >= 11 is 0. The van der Waals surface area contributed by atoms with Crippen molar-refractivity contribution in [3.8, 4) is 11.5 Å². The van der Waals surface area contributed by atoms with E-state index in [2.05, 4.69) is 16.0 Å². The molecule has 2 rings (SSSR count). The number of carbonyl (C=O) groups is 5. The molecule has 0 aliphatic carbocycles. The summed E-state index contributed by atoms with van der Waals surface area (Å²) in [5, 5.41) is 43.8. The molecule has 37 heavy (non-hydrogen) atoms. The van der Waals surface area contributed by atoms with E-state index < -0.39 is 60.8 Å². The first-order valence-corrected chi connectivity index (χ1v) is 11.1. The highest BCUT2D eigenvalue weighted by Gasteiger charge is 2.27. The van der Waals surface area contributed by atoms with Gasteiger partial charge >= 0.3 is 11.9 Å². The van der Waals surface area contributed by atoms with Crippen LogP contribution >= 0.6 is 0 Å². The van der Waals surface area contributed by atoms with Gasteiger partial charge in [0.1, 0.15) is 23.6 Å². The number of carbonyl (C=O) groups excluding carboxylic acids is 3. The number of phenols is 2. The quantitative estimate of drug-likeness (QED) is 0.159. The molecule has 3 atom stereocenters. The Morgan fingerprint density at radius 1 is 0.730 bits per heavy atom. The van der Waals surface area contributed by atoms with Crippen molar-refractivity contribution in [2.75, 3.05) is 6.54 Å². The molecule has 0 saturated heterocycles. The number of amides is 3. The summed E-state index contributed by atoms with van der Waals surface area (Å²) in [6.07, 6.45) is -0.830. The smallest absolute Gasteiger partial charge is 0.326 e. The number of rotatable bonds is 13. The van der Waals surface area contributed by atoms with Crippen LogP contribution in [0.5, 0.6) is 11.5 Å². The molecule has 198 valence electrons. The van der Waals surface area contributed by atoms with Gasteiger partial charge in [0.15, 0.2) is 0 Å². The summed E-state index contributed by atoms with van der Waals surface area (Å²) in [6, 6.07) is 7.62. The van der Waals surface area contributed by atoms with E-state index in [0.717, 1.165) is 0 Å². The summed E-state index contributed by atoms with van der Waals surface area (Å²) < 4.78 is 0. The first-order chi connectivity index (χ1) is 17.4. The zero-order valence-corrected chi connectivity index (χ0v) is 19.6. The van der Waals surface area contributed by atoms with Crippen molar-refractivity contribution in [2.24, 2.45) is 5.73 Å². The summed E-state index contributed by atoms with van der Waals surface area (Å²) in [5.41, 5.74) is 7.01. The standard InChI is InChI=1S/C24H28N4O9/c25-17(9-13-1-5-15(29)6-2-13)22(34)28-18(11-21(32)33)23(35)26-12-20(31)27-19(24(36)37)10-14-3-7-16(30)8-4-14/h1-8,17-19,29-30H,9-12,25H2,(H,26,35)(H,27,31)(H,28,34)(H,32,33)(H,36,37). The Balaban J connectivity index is 1.93. The molecule has 13 nitrogen and oxygen atoms in total. The van der Waals surface area contributed by atoms with Gasteiger partial charge < -0.3 is 42.1 Å².